The van der Waals surface area contributed by atoms with Crippen molar-refractivity contribution >= 4 is 16.9 Å². The molecule has 0 saturated carbocycles. The van der Waals surface area contributed by atoms with Gasteiger partial charge >= 0.3 is 0 Å². The molecule has 0 bridgehead atoms. The van der Waals surface area contributed by atoms with Gasteiger partial charge in [-0.15, -0.1) is 0 Å². The number of pyridine rings is 2. The fourth-order valence-corrected chi connectivity index (χ4v) is 3.83. The Hall–Kier alpha value is -4.01. The smallest absolute Gasteiger partial charge is 0.268 e. The third kappa shape index (κ3) is 4.16. The Bertz CT molecular complexity index is 1370. The number of aliphatic hydroxyl groups is 2. The molecular weight excluding hydrogens is 447 g/mol. The van der Waals surface area contributed by atoms with Gasteiger partial charge in [-0.2, -0.15) is 5.26 Å². The van der Waals surface area contributed by atoms with Crippen molar-refractivity contribution in [1.29, 1.82) is 5.26 Å². The molecule has 0 fully saturated rings. The van der Waals surface area contributed by atoms with Crippen molar-refractivity contribution < 1.29 is 29.2 Å². The summed E-state index contributed by atoms with van der Waals surface area (Å²) in [6, 6.07) is 7.60. The number of rotatable bonds is 6. The summed E-state index contributed by atoms with van der Waals surface area (Å²) in [7, 11) is 0. The Labute approximate surface area is 192 Å². The van der Waals surface area contributed by atoms with Gasteiger partial charge in [0.1, 0.15) is 34.6 Å². The molecule has 0 spiro atoms. The molecule has 34 heavy (non-hydrogen) atoms. The molecule has 1 aromatic carbocycles. The average molecular weight is 468 g/mol. The van der Waals surface area contributed by atoms with Crippen molar-refractivity contribution in [2.45, 2.75) is 25.0 Å². The average Bonchev–Trinajstić information content (AvgIpc) is 2.98. The Morgan fingerprint density at radius 2 is 2.09 bits per heavy atom. The summed E-state index contributed by atoms with van der Waals surface area (Å²) in [6.45, 7) is -1.57. The number of hydrogen-bond donors (Lipinski definition) is 4. The van der Waals surface area contributed by atoms with Crippen LogP contribution in [0.15, 0.2) is 35.3 Å². The first-order valence-corrected chi connectivity index (χ1v) is 10.4. The van der Waals surface area contributed by atoms with E-state index in [1.54, 1.807) is 12.1 Å². The number of nitrogens with one attached hydrogen (secondary N) is 1. The van der Waals surface area contributed by atoms with Crippen molar-refractivity contribution in [2.24, 2.45) is 0 Å². The van der Waals surface area contributed by atoms with Crippen LogP contribution < -0.4 is 15.6 Å². The first-order chi connectivity index (χ1) is 16.3. The summed E-state index contributed by atoms with van der Waals surface area (Å²) in [5.41, 5.74) is -2.22. The maximum absolute atomic E-state index is 13.3. The van der Waals surface area contributed by atoms with Crippen molar-refractivity contribution in [3.05, 3.63) is 63.3 Å². The molecule has 4 N–H and O–H groups in total. The molecule has 1 aliphatic rings. The first kappa shape index (κ1) is 23.2. The molecule has 0 radical (unpaired) electrons. The summed E-state index contributed by atoms with van der Waals surface area (Å²) < 4.78 is 20.2. The van der Waals surface area contributed by atoms with E-state index in [4.69, 9.17) is 10.00 Å². The number of carbonyl (C=O) groups is 1. The Morgan fingerprint density at radius 3 is 2.76 bits per heavy atom. The zero-order chi connectivity index (χ0) is 24.5. The molecule has 1 amide bonds. The van der Waals surface area contributed by atoms with Gasteiger partial charge in [0, 0.05) is 24.7 Å². The third-order valence-electron chi connectivity index (χ3n) is 5.56. The largest absolute Gasteiger partial charge is 0.505 e. The van der Waals surface area contributed by atoms with E-state index in [1.807, 2.05) is 6.07 Å². The number of halogens is 1. The molecular formula is C23H21FN4O6. The van der Waals surface area contributed by atoms with Crippen LogP contribution in [0.4, 0.5) is 4.39 Å². The molecule has 176 valence electrons. The van der Waals surface area contributed by atoms with Gasteiger partial charge < -0.3 is 25.4 Å². The van der Waals surface area contributed by atoms with E-state index in [1.165, 1.54) is 18.3 Å². The number of aromatic nitrogens is 2. The Balaban J connectivity index is 1.92. The summed E-state index contributed by atoms with van der Waals surface area (Å²) >= 11 is 0. The van der Waals surface area contributed by atoms with Crippen LogP contribution in [0.1, 0.15) is 27.9 Å². The van der Waals surface area contributed by atoms with Gasteiger partial charge in [0.05, 0.1) is 25.6 Å². The summed E-state index contributed by atoms with van der Waals surface area (Å²) in [5.74, 6) is -1.83. The zero-order valence-corrected chi connectivity index (χ0v) is 17.9. The normalized spacial score (nSPS) is 17.0. The van der Waals surface area contributed by atoms with Crippen LogP contribution in [0.3, 0.4) is 0 Å². The van der Waals surface area contributed by atoms with Gasteiger partial charge in [-0.3, -0.25) is 19.1 Å². The standard InChI is InChI=1S/C23H21FN4O6/c24-15-4-2-13(3-5-15)8-14-9-27-17-18-20(14)34-12-23(33,11-29)10-28(18)22(32)16(19(17)30)21(31)26-7-1-6-25/h2-5,9,29-30,33H,1,7-8,10-12H2,(H,26,31). The number of aromatic hydroxyl groups is 1. The van der Waals surface area contributed by atoms with Gasteiger partial charge in [0.2, 0.25) is 0 Å². The van der Waals surface area contributed by atoms with Gasteiger partial charge in [0.15, 0.2) is 11.5 Å². The molecule has 1 atom stereocenters. The van der Waals surface area contributed by atoms with E-state index in [2.05, 4.69) is 10.3 Å². The summed E-state index contributed by atoms with van der Waals surface area (Å²) in [6.07, 6.45) is 1.64. The summed E-state index contributed by atoms with van der Waals surface area (Å²) in [5, 5.41) is 42.4. The van der Waals surface area contributed by atoms with Crippen LogP contribution in [-0.4, -0.2) is 56.1 Å². The molecule has 3 aromatic rings. The number of hydrogen-bond acceptors (Lipinski definition) is 8. The minimum absolute atomic E-state index is 0.00151. The second-order valence-electron chi connectivity index (χ2n) is 8.06. The molecule has 1 aliphatic heterocycles. The fraction of sp³-hybridized carbons (Fsp3) is 0.304. The molecule has 0 saturated heterocycles. The highest BCUT2D eigenvalue weighted by Crippen LogP contribution is 2.37. The van der Waals surface area contributed by atoms with Gasteiger partial charge in [0.25, 0.3) is 11.5 Å². The SMILES string of the molecule is N#CCCNC(=O)c1c(O)c2ncc(Cc3ccc(F)cc3)c3c2n(c1=O)CC(O)(CO)CO3. The second kappa shape index (κ2) is 9.09. The first-order valence-electron chi connectivity index (χ1n) is 10.4. The minimum atomic E-state index is -1.85. The van der Waals surface area contributed by atoms with E-state index in [0.29, 0.717) is 5.56 Å². The lowest BCUT2D eigenvalue weighted by Crippen LogP contribution is -2.45. The molecule has 4 rings (SSSR count). The maximum Gasteiger partial charge on any atom is 0.268 e. The number of ether oxygens (including phenoxy) is 1. The third-order valence-corrected chi connectivity index (χ3v) is 5.56. The number of aliphatic hydroxyl groups excluding tert-OH is 1. The lowest BCUT2D eigenvalue weighted by Gasteiger charge is -2.24. The highest BCUT2D eigenvalue weighted by atomic mass is 19.1. The predicted octanol–water partition coefficient (Wildman–Crippen LogP) is 0.591. The van der Waals surface area contributed by atoms with Crippen LogP contribution in [0.25, 0.3) is 11.0 Å². The number of carbonyl (C=O) groups excluding carboxylic acids is 1. The van der Waals surface area contributed by atoms with Crippen molar-refractivity contribution in [3.63, 3.8) is 0 Å². The van der Waals surface area contributed by atoms with Crippen LogP contribution in [0.2, 0.25) is 0 Å². The zero-order valence-electron chi connectivity index (χ0n) is 17.9. The highest BCUT2D eigenvalue weighted by molar-refractivity contribution is 6.02. The molecule has 0 aliphatic carbocycles. The number of amides is 1. The lowest BCUT2D eigenvalue weighted by atomic mass is 10.0. The maximum atomic E-state index is 13.3. The van der Waals surface area contributed by atoms with Crippen LogP contribution in [-0.2, 0) is 13.0 Å². The van der Waals surface area contributed by atoms with E-state index in [9.17, 15) is 29.3 Å². The monoisotopic (exact) mass is 468 g/mol. The second-order valence-corrected chi connectivity index (χ2v) is 8.06. The fourth-order valence-electron chi connectivity index (χ4n) is 3.83. The number of nitrogens with zero attached hydrogens (tertiary/aromatic N) is 3. The molecule has 2 aromatic heterocycles. The van der Waals surface area contributed by atoms with Crippen LogP contribution >= 0.6 is 0 Å². The van der Waals surface area contributed by atoms with Gasteiger partial charge in [-0.05, 0) is 17.7 Å². The molecule has 3 heterocycles. The van der Waals surface area contributed by atoms with Crippen molar-refractivity contribution in [1.82, 2.24) is 14.9 Å². The van der Waals surface area contributed by atoms with Crippen molar-refractivity contribution in [2.75, 3.05) is 19.8 Å². The molecule has 10 nitrogen and oxygen atoms in total. The lowest BCUT2D eigenvalue weighted by molar-refractivity contribution is -0.0553. The Kier molecular flexibility index (Phi) is 6.19. The van der Waals surface area contributed by atoms with E-state index in [-0.39, 0.29) is 42.8 Å². The highest BCUT2D eigenvalue weighted by Gasteiger charge is 2.36. The predicted molar refractivity (Wildman–Crippen MR) is 117 cm³/mol. The van der Waals surface area contributed by atoms with Crippen molar-refractivity contribution in [3.8, 4) is 17.6 Å². The topological polar surface area (TPSA) is 158 Å². The van der Waals surface area contributed by atoms with E-state index < -0.39 is 47.3 Å². The minimum Gasteiger partial charge on any atom is -0.505 e. The van der Waals surface area contributed by atoms with Crippen LogP contribution in [0.5, 0.6) is 11.5 Å². The van der Waals surface area contributed by atoms with Gasteiger partial charge in [-0.1, -0.05) is 12.1 Å². The van der Waals surface area contributed by atoms with E-state index >= 15 is 0 Å². The van der Waals surface area contributed by atoms with E-state index in [0.717, 1.165) is 10.1 Å². The number of nitriles is 1. The molecule has 11 heteroatoms. The van der Waals surface area contributed by atoms with Gasteiger partial charge in [-0.25, -0.2) is 4.39 Å². The quantitative estimate of drug-likeness (QED) is 0.383. The molecule has 1 unspecified atom stereocenters. The number of benzene rings is 1. The Morgan fingerprint density at radius 1 is 1.35 bits per heavy atom. The summed E-state index contributed by atoms with van der Waals surface area (Å²) in [4.78, 5) is 30.2. The van der Waals surface area contributed by atoms with Crippen LogP contribution in [0, 0.1) is 17.1 Å².